The van der Waals surface area contributed by atoms with Gasteiger partial charge in [-0.2, -0.15) is 0 Å². The van der Waals surface area contributed by atoms with E-state index in [-0.39, 0.29) is 30.6 Å². The first kappa shape index (κ1) is 22.3. The monoisotopic (exact) mass is 433 g/mol. The number of para-hydroxylation sites is 3. The Morgan fingerprint density at radius 1 is 0.844 bits per heavy atom. The standard InChI is InChI=1S/C23H23N5O4/c29-22(13-14-24-20-11-4-5-12-21(20)28(31)32)25-16-17-7-6-10-19(15-17)27-23(30)26-18-8-2-1-3-9-18/h1-12,15,24H,13-14,16H2,(H,25,29)(H2,26,27,30). The summed E-state index contributed by atoms with van der Waals surface area (Å²) in [5.74, 6) is -0.198. The summed E-state index contributed by atoms with van der Waals surface area (Å²) in [5.41, 5.74) is 2.44. The van der Waals surface area contributed by atoms with Gasteiger partial charge in [-0.3, -0.25) is 14.9 Å². The third-order valence-electron chi connectivity index (χ3n) is 4.47. The van der Waals surface area contributed by atoms with Gasteiger partial charge in [0.05, 0.1) is 4.92 Å². The third kappa shape index (κ3) is 6.84. The summed E-state index contributed by atoms with van der Waals surface area (Å²) in [4.78, 5) is 34.8. The van der Waals surface area contributed by atoms with Crippen molar-refractivity contribution in [1.82, 2.24) is 5.32 Å². The number of anilines is 3. The van der Waals surface area contributed by atoms with Gasteiger partial charge in [-0.15, -0.1) is 0 Å². The van der Waals surface area contributed by atoms with Gasteiger partial charge in [0.15, 0.2) is 0 Å². The number of carbonyl (C=O) groups is 2. The maximum atomic E-state index is 12.1. The quantitative estimate of drug-likeness (QED) is 0.295. The molecule has 0 bridgehead atoms. The van der Waals surface area contributed by atoms with Crippen LogP contribution in [0.5, 0.6) is 0 Å². The second-order valence-corrected chi connectivity index (χ2v) is 6.87. The van der Waals surface area contributed by atoms with E-state index in [0.29, 0.717) is 23.6 Å². The summed E-state index contributed by atoms with van der Waals surface area (Å²) >= 11 is 0. The first-order valence-electron chi connectivity index (χ1n) is 9.97. The van der Waals surface area contributed by atoms with Gasteiger partial charge in [0.25, 0.3) is 5.69 Å². The largest absolute Gasteiger partial charge is 0.379 e. The number of nitro benzene ring substituents is 1. The first-order valence-corrected chi connectivity index (χ1v) is 9.97. The SMILES string of the molecule is O=C(CCNc1ccccc1[N+](=O)[O-])NCc1cccc(NC(=O)Nc2ccccc2)c1. The van der Waals surface area contributed by atoms with Crippen molar-refractivity contribution in [2.75, 3.05) is 22.5 Å². The summed E-state index contributed by atoms with van der Waals surface area (Å²) in [7, 11) is 0. The third-order valence-corrected chi connectivity index (χ3v) is 4.47. The lowest BCUT2D eigenvalue weighted by atomic mass is 10.2. The van der Waals surface area contributed by atoms with Crippen LogP contribution in [-0.2, 0) is 11.3 Å². The van der Waals surface area contributed by atoms with Gasteiger partial charge in [-0.05, 0) is 35.9 Å². The van der Waals surface area contributed by atoms with Crippen LogP contribution in [-0.4, -0.2) is 23.4 Å². The number of rotatable bonds is 9. The number of nitrogens with one attached hydrogen (secondary N) is 4. The summed E-state index contributed by atoms with van der Waals surface area (Å²) in [5, 5.41) is 22.2. The molecule has 0 fully saturated rings. The minimum atomic E-state index is -0.469. The lowest BCUT2D eigenvalue weighted by Gasteiger charge is -2.10. The maximum absolute atomic E-state index is 12.1. The molecule has 32 heavy (non-hydrogen) atoms. The van der Waals surface area contributed by atoms with Crippen LogP contribution in [0, 0.1) is 10.1 Å². The molecular weight excluding hydrogens is 410 g/mol. The van der Waals surface area contributed by atoms with E-state index < -0.39 is 4.92 Å². The molecule has 0 aliphatic rings. The highest BCUT2D eigenvalue weighted by atomic mass is 16.6. The van der Waals surface area contributed by atoms with E-state index in [0.717, 1.165) is 5.56 Å². The van der Waals surface area contributed by atoms with E-state index in [1.54, 1.807) is 48.5 Å². The number of urea groups is 1. The Kier molecular flexibility index (Phi) is 7.74. The molecule has 0 atom stereocenters. The van der Waals surface area contributed by atoms with Crippen molar-refractivity contribution in [3.63, 3.8) is 0 Å². The van der Waals surface area contributed by atoms with E-state index >= 15 is 0 Å². The number of carbonyl (C=O) groups excluding carboxylic acids is 2. The van der Waals surface area contributed by atoms with Crippen LogP contribution in [0.3, 0.4) is 0 Å². The Bertz CT molecular complexity index is 1090. The summed E-state index contributed by atoms with van der Waals surface area (Å²) in [6, 6.07) is 22.2. The van der Waals surface area contributed by atoms with Crippen molar-refractivity contribution in [1.29, 1.82) is 0 Å². The summed E-state index contributed by atoms with van der Waals surface area (Å²) < 4.78 is 0. The fourth-order valence-corrected chi connectivity index (χ4v) is 2.96. The number of benzene rings is 3. The molecule has 0 saturated heterocycles. The topological polar surface area (TPSA) is 125 Å². The minimum absolute atomic E-state index is 0.0338. The zero-order valence-electron chi connectivity index (χ0n) is 17.2. The molecule has 0 saturated carbocycles. The zero-order chi connectivity index (χ0) is 22.8. The number of nitrogens with zero attached hydrogens (tertiary/aromatic N) is 1. The molecule has 9 heteroatoms. The average Bonchev–Trinajstić information content (AvgIpc) is 2.79. The first-order chi connectivity index (χ1) is 15.5. The van der Waals surface area contributed by atoms with Gasteiger partial charge < -0.3 is 21.3 Å². The highest BCUT2D eigenvalue weighted by molar-refractivity contribution is 5.99. The Labute approximate surface area is 185 Å². The fraction of sp³-hybridized carbons (Fsp3) is 0.130. The molecular formula is C23H23N5O4. The maximum Gasteiger partial charge on any atom is 0.323 e. The molecule has 0 spiro atoms. The van der Waals surface area contributed by atoms with Gasteiger partial charge in [0, 0.05) is 37.0 Å². The highest BCUT2D eigenvalue weighted by Crippen LogP contribution is 2.22. The fourth-order valence-electron chi connectivity index (χ4n) is 2.96. The van der Waals surface area contributed by atoms with E-state index in [9.17, 15) is 19.7 Å². The molecule has 0 radical (unpaired) electrons. The van der Waals surface area contributed by atoms with Gasteiger partial charge in [0.2, 0.25) is 5.91 Å². The van der Waals surface area contributed by atoms with Gasteiger partial charge in [-0.1, -0.05) is 42.5 Å². The lowest BCUT2D eigenvalue weighted by Crippen LogP contribution is -2.25. The van der Waals surface area contributed by atoms with E-state index in [1.165, 1.54) is 6.07 Å². The lowest BCUT2D eigenvalue weighted by molar-refractivity contribution is -0.384. The van der Waals surface area contributed by atoms with Crippen LogP contribution >= 0.6 is 0 Å². The number of hydrogen-bond acceptors (Lipinski definition) is 5. The number of nitro groups is 1. The van der Waals surface area contributed by atoms with Crippen molar-refractivity contribution in [2.45, 2.75) is 13.0 Å². The van der Waals surface area contributed by atoms with Crippen LogP contribution in [0.4, 0.5) is 27.5 Å². The predicted octanol–water partition coefficient (Wildman–Crippen LogP) is 4.36. The molecule has 0 aliphatic carbocycles. The molecule has 4 N–H and O–H groups in total. The van der Waals surface area contributed by atoms with Crippen molar-refractivity contribution in [3.8, 4) is 0 Å². The Balaban J connectivity index is 1.44. The van der Waals surface area contributed by atoms with Gasteiger partial charge >= 0.3 is 6.03 Å². The molecule has 0 unspecified atom stereocenters. The van der Waals surface area contributed by atoms with Crippen LogP contribution in [0.2, 0.25) is 0 Å². The molecule has 0 heterocycles. The Morgan fingerprint density at radius 3 is 2.31 bits per heavy atom. The second-order valence-electron chi connectivity index (χ2n) is 6.87. The van der Waals surface area contributed by atoms with Gasteiger partial charge in [0.1, 0.15) is 5.69 Å². The van der Waals surface area contributed by atoms with Crippen LogP contribution in [0.1, 0.15) is 12.0 Å². The van der Waals surface area contributed by atoms with E-state index in [4.69, 9.17) is 0 Å². The molecule has 3 amide bonds. The number of hydrogen-bond donors (Lipinski definition) is 4. The average molecular weight is 433 g/mol. The normalized spacial score (nSPS) is 10.1. The van der Waals surface area contributed by atoms with Crippen molar-refractivity contribution in [3.05, 3.63) is 94.5 Å². The molecule has 0 aliphatic heterocycles. The Morgan fingerprint density at radius 2 is 1.53 bits per heavy atom. The van der Waals surface area contributed by atoms with Crippen molar-refractivity contribution < 1.29 is 14.5 Å². The van der Waals surface area contributed by atoms with Crippen molar-refractivity contribution >= 4 is 34.7 Å². The molecule has 3 rings (SSSR count). The number of amides is 3. The summed E-state index contributed by atoms with van der Waals surface area (Å²) in [6.45, 7) is 0.554. The van der Waals surface area contributed by atoms with Crippen LogP contribution < -0.4 is 21.3 Å². The molecule has 164 valence electrons. The summed E-state index contributed by atoms with van der Waals surface area (Å²) in [6.07, 6.45) is 0.156. The minimum Gasteiger partial charge on any atom is -0.379 e. The predicted molar refractivity (Wildman–Crippen MR) is 124 cm³/mol. The Hall–Kier alpha value is -4.40. The van der Waals surface area contributed by atoms with Crippen LogP contribution in [0.15, 0.2) is 78.9 Å². The highest BCUT2D eigenvalue weighted by Gasteiger charge is 2.12. The van der Waals surface area contributed by atoms with E-state index in [1.807, 2.05) is 24.3 Å². The molecule has 3 aromatic rings. The molecule has 3 aromatic carbocycles. The van der Waals surface area contributed by atoms with Crippen molar-refractivity contribution in [2.24, 2.45) is 0 Å². The van der Waals surface area contributed by atoms with E-state index in [2.05, 4.69) is 21.3 Å². The molecule has 0 aromatic heterocycles. The molecule has 9 nitrogen and oxygen atoms in total. The van der Waals surface area contributed by atoms with Gasteiger partial charge in [-0.25, -0.2) is 4.79 Å². The second kappa shape index (κ2) is 11.1. The van der Waals surface area contributed by atoms with Crippen LogP contribution in [0.25, 0.3) is 0 Å². The smallest absolute Gasteiger partial charge is 0.323 e. The zero-order valence-corrected chi connectivity index (χ0v) is 17.2.